The predicted octanol–water partition coefficient (Wildman–Crippen LogP) is 2.66. The van der Waals surface area contributed by atoms with Crippen molar-refractivity contribution in [2.24, 2.45) is 0 Å². The van der Waals surface area contributed by atoms with Crippen LogP contribution in [0.1, 0.15) is 10.4 Å². The molecule has 1 aromatic carbocycles. The number of anilines is 1. The van der Waals surface area contributed by atoms with Crippen LogP contribution in [0.25, 0.3) is 0 Å². The van der Waals surface area contributed by atoms with Crippen LogP contribution < -0.4 is 5.32 Å². The molecule has 4 nitrogen and oxygen atoms in total. The van der Waals surface area contributed by atoms with E-state index in [0.717, 1.165) is 12.1 Å². The zero-order valence-electron chi connectivity index (χ0n) is 8.82. The second-order valence-electron chi connectivity index (χ2n) is 3.28. The molecule has 0 atom stereocenters. The smallest absolute Gasteiger partial charge is 0.259 e. The van der Waals surface area contributed by atoms with Gasteiger partial charge in [0.1, 0.15) is 5.15 Å². The number of carbonyl (C=O) groups excluding carboxylic acids is 1. The van der Waals surface area contributed by atoms with Crippen molar-refractivity contribution in [3.8, 4) is 0 Å². The highest BCUT2D eigenvalue weighted by atomic mass is 35.5. The first-order valence-electron chi connectivity index (χ1n) is 4.81. The van der Waals surface area contributed by atoms with Gasteiger partial charge in [0, 0.05) is 0 Å². The molecule has 1 N–H and O–H groups in total. The normalized spacial score (nSPS) is 10.2. The Morgan fingerprint density at radius 1 is 1.28 bits per heavy atom. The summed E-state index contributed by atoms with van der Waals surface area (Å²) in [6.07, 6.45) is 2.51. The lowest BCUT2D eigenvalue weighted by molar-refractivity contribution is 0.102. The zero-order valence-corrected chi connectivity index (χ0v) is 9.58. The Hall–Kier alpha value is -2.08. The van der Waals surface area contributed by atoms with Crippen molar-refractivity contribution < 1.29 is 13.6 Å². The molecule has 2 aromatic rings. The topological polar surface area (TPSA) is 54.9 Å². The number of aromatic nitrogens is 2. The van der Waals surface area contributed by atoms with Crippen LogP contribution in [0.3, 0.4) is 0 Å². The Bertz CT molecular complexity index is 607. The molecule has 0 saturated carbocycles. The van der Waals surface area contributed by atoms with Crippen molar-refractivity contribution in [3.05, 3.63) is 52.9 Å². The summed E-state index contributed by atoms with van der Waals surface area (Å²) < 4.78 is 26.3. The fraction of sp³-hybridized carbons (Fsp3) is 0. The van der Waals surface area contributed by atoms with Gasteiger partial charge >= 0.3 is 0 Å². The Morgan fingerprint density at radius 2 is 2.06 bits per heavy atom. The van der Waals surface area contributed by atoms with Crippen molar-refractivity contribution in [3.63, 3.8) is 0 Å². The largest absolute Gasteiger partial charge is 0.305 e. The van der Waals surface area contributed by atoms with E-state index in [0.29, 0.717) is 0 Å². The lowest BCUT2D eigenvalue weighted by Crippen LogP contribution is -2.15. The van der Waals surface area contributed by atoms with Gasteiger partial charge in [-0.15, -0.1) is 0 Å². The molecule has 1 aromatic heterocycles. The first-order valence-corrected chi connectivity index (χ1v) is 5.18. The standard InChI is InChI=1S/C11H6ClF2N3O/c12-8-4-15-5-9(16-8)17-11(18)6-2-1-3-7(13)10(6)14/h1-5H,(H,16,17,18). The Balaban J connectivity index is 2.25. The van der Waals surface area contributed by atoms with Crippen molar-refractivity contribution in [2.75, 3.05) is 5.32 Å². The van der Waals surface area contributed by atoms with Crippen LogP contribution in [0.2, 0.25) is 5.15 Å². The number of carbonyl (C=O) groups is 1. The molecule has 1 heterocycles. The van der Waals surface area contributed by atoms with Crippen molar-refractivity contribution in [2.45, 2.75) is 0 Å². The molecule has 0 spiro atoms. The van der Waals surface area contributed by atoms with E-state index in [2.05, 4.69) is 15.3 Å². The third-order valence-electron chi connectivity index (χ3n) is 2.04. The van der Waals surface area contributed by atoms with E-state index < -0.39 is 23.1 Å². The molecule has 2 rings (SSSR count). The van der Waals surface area contributed by atoms with Crippen LogP contribution in [0.4, 0.5) is 14.6 Å². The van der Waals surface area contributed by atoms with Crippen LogP contribution in [0.5, 0.6) is 0 Å². The lowest BCUT2D eigenvalue weighted by atomic mass is 10.2. The monoisotopic (exact) mass is 269 g/mol. The maximum atomic E-state index is 13.3. The highest BCUT2D eigenvalue weighted by Gasteiger charge is 2.15. The fourth-order valence-corrected chi connectivity index (χ4v) is 1.41. The van der Waals surface area contributed by atoms with E-state index in [1.54, 1.807) is 0 Å². The minimum Gasteiger partial charge on any atom is -0.305 e. The fourth-order valence-electron chi connectivity index (χ4n) is 1.27. The number of amides is 1. The minimum absolute atomic E-state index is 0.0520. The van der Waals surface area contributed by atoms with Crippen LogP contribution in [-0.4, -0.2) is 15.9 Å². The Kier molecular flexibility index (Phi) is 3.47. The van der Waals surface area contributed by atoms with Gasteiger partial charge in [-0.25, -0.2) is 13.8 Å². The maximum absolute atomic E-state index is 13.3. The number of nitrogens with one attached hydrogen (secondary N) is 1. The maximum Gasteiger partial charge on any atom is 0.259 e. The van der Waals surface area contributed by atoms with E-state index in [-0.39, 0.29) is 11.0 Å². The van der Waals surface area contributed by atoms with E-state index in [1.165, 1.54) is 18.5 Å². The third-order valence-corrected chi connectivity index (χ3v) is 2.23. The molecule has 0 bridgehead atoms. The SMILES string of the molecule is O=C(Nc1cncc(Cl)n1)c1cccc(F)c1F. The summed E-state index contributed by atoms with van der Waals surface area (Å²) >= 11 is 5.57. The molecular formula is C11H6ClF2N3O. The molecule has 18 heavy (non-hydrogen) atoms. The minimum atomic E-state index is -1.22. The summed E-state index contributed by atoms with van der Waals surface area (Å²) in [4.78, 5) is 19.1. The number of rotatable bonds is 2. The molecule has 0 radical (unpaired) electrons. The average molecular weight is 270 g/mol. The molecule has 0 aliphatic heterocycles. The summed E-state index contributed by atoms with van der Waals surface area (Å²) in [5.41, 5.74) is -0.420. The van der Waals surface area contributed by atoms with Crippen LogP contribution >= 0.6 is 11.6 Å². The summed E-state index contributed by atoms with van der Waals surface area (Å²) in [7, 11) is 0. The molecule has 0 fully saturated rings. The van der Waals surface area contributed by atoms with Gasteiger partial charge in [-0.2, -0.15) is 0 Å². The van der Waals surface area contributed by atoms with Gasteiger partial charge in [-0.3, -0.25) is 9.78 Å². The first kappa shape index (κ1) is 12.4. The first-order chi connectivity index (χ1) is 8.58. The van der Waals surface area contributed by atoms with Gasteiger partial charge in [0.15, 0.2) is 17.5 Å². The van der Waals surface area contributed by atoms with Crippen LogP contribution in [0, 0.1) is 11.6 Å². The highest BCUT2D eigenvalue weighted by molar-refractivity contribution is 6.29. The zero-order chi connectivity index (χ0) is 13.1. The van der Waals surface area contributed by atoms with Gasteiger partial charge in [0.25, 0.3) is 5.91 Å². The van der Waals surface area contributed by atoms with Crippen molar-refractivity contribution >= 4 is 23.3 Å². The van der Waals surface area contributed by atoms with Gasteiger partial charge in [-0.05, 0) is 12.1 Å². The van der Waals surface area contributed by atoms with Crippen molar-refractivity contribution in [1.82, 2.24) is 9.97 Å². The predicted molar refractivity (Wildman–Crippen MR) is 61.4 cm³/mol. The summed E-state index contributed by atoms with van der Waals surface area (Å²) in [5.74, 6) is -3.09. The number of halogens is 3. The third kappa shape index (κ3) is 2.60. The molecule has 0 aliphatic carbocycles. The summed E-state index contributed by atoms with van der Waals surface area (Å²) in [6.45, 7) is 0. The van der Waals surface area contributed by atoms with Crippen molar-refractivity contribution in [1.29, 1.82) is 0 Å². The van der Waals surface area contributed by atoms with Gasteiger partial charge < -0.3 is 5.32 Å². The van der Waals surface area contributed by atoms with Gasteiger partial charge in [0.05, 0.1) is 18.0 Å². The Labute approximate surface area is 106 Å². The van der Waals surface area contributed by atoms with Gasteiger partial charge in [-0.1, -0.05) is 17.7 Å². The molecule has 92 valence electrons. The van der Waals surface area contributed by atoms with Gasteiger partial charge in [0.2, 0.25) is 0 Å². The second kappa shape index (κ2) is 5.05. The average Bonchev–Trinajstić information content (AvgIpc) is 2.32. The number of benzene rings is 1. The molecule has 0 unspecified atom stereocenters. The van der Waals surface area contributed by atoms with E-state index in [4.69, 9.17) is 11.6 Å². The Morgan fingerprint density at radius 3 is 2.78 bits per heavy atom. The molecule has 0 aliphatic rings. The molecule has 0 saturated heterocycles. The highest BCUT2D eigenvalue weighted by Crippen LogP contribution is 2.14. The molecule has 1 amide bonds. The van der Waals surface area contributed by atoms with Crippen LogP contribution in [-0.2, 0) is 0 Å². The second-order valence-corrected chi connectivity index (χ2v) is 3.67. The lowest BCUT2D eigenvalue weighted by Gasteiger charge is -2.05. The molecule has 7 heteroatoms. The number of hydrogen-bond acceptors (Lipinski definition) is 3. The van der Waals surface area contributed by atoms with E-state index in [9.17, 15) is 13.6 Å². The quantitative estimate of drug-likeness (QED) is 0.912. The molecular weight excluding hydrogens is 264 g/mol. The number of hydrogen-bond donors (Lipinski definition) is 1. The van der Waals surface area contributed by atoms with E-state index >= 15 is 0 Å². The summed E-state index contributed by atoms with van der Waals surface area (Å²) in [5, 5.41) is 2.34. The van der Waals surface area contributed by atoms with E-state index in [1.807, 2.05) is 0 Å². The van der Waals surface area contributed by atoms with Crippen LogP contribution in [0.15, 0.2) is 30.6 Å². The summed E-state index contributed by atoms with van der Waals surface area (Å²) in [6, 6.07) is 3.31. The number of nitrogens with zero attached hydrogens (tertiary/aromatic N) is 2.